The van der Waals surface area contributed by atoms with Crippen LogP contribution < -0.4 is 9.62 Å². The molecule has 32 heavy (non-hydrogen) atoms. The van der Waals surface area contributed by atoms with Crippen molar-refractivity contribution in [2.45, 2.75) is 20.3 Å². The number of nitrogens with one attached hydrogen (secondary N) is 1. The van der Waals surface area contributed by atoms with Crippen LogP contribution in [0.25, 0.3) is 22.0 Å². The minimum Gasteiger partial charge on any atom is -0.378 e. The maximum Gasteiger partial charge on any atom is 0.232 e. The Morgan fingerprint density at radius 1 is 1.22 bits per heavy atom. The highest BCUT2D eigenvalue weighted by molar-refractivity contribution is 7.92. The van der Waals surface area contributed by atoms with Crippen LogP contribution >= 0.6 is 11.6 Å². The standard InChI is InChI=1S/C22H24ClFN4O3S/c1-3-11-32(29,30)27-18-6-4-5-16(19(18)24)15-12-14(2)20-17(13-15)21(26-22(23)25-20)28-7-9-31-10-8-28/h4-6,12-13,27H,3,7-11H2,1-2H3. The highest BCUT2D eigenvalue weighted by Gasteiger charge is 2.21. The second kappa shape index (κ2) is 9.17. The molecule has 0 amide bonds. The first-order valence-corrected chi connectivity index (χ1v) is 12.4. The molecule has 170 valence electrons. The van der Waals surface area contributed by atoms with Gasteiger partial charge >= 0.3 is 0 Å². The Bertz CT molecular complexity index is 1260. The minimum absolute atomic E-state index is 0.0746. The zero-order valence-corrected chi connectivity index (χ0v) is 19.4. The summed E-state index contributed by atoms with van der Waals surface area (Å²) in [6.07, 6.45) is 0.438. The molecule has 1 aliphatic heterocycles. The number of aryl methyl sites for hydroxylation is 1. The van der Waals surface area contributed by atoms with Gasteiger partial charge in [-0.3, -0.25) is 4.72 Å². The van der Waals surface area contributed by atoms with Gasteiger partial charge < -0.3 is 9.64 Å². The number of halogens is 2. The summed E-state index contributed by atoms with van der Waals surface area (Å²) in [5.74, 6) is -0.0329. The molecule has 10 heteroatoms. The first-order chi connectivity index (χ1) is 15.3. The van der Waals surface area contributed by atoms with E-state index in [4.69, 9.17) is 16.3 Å². The monoisotopic (exact) mass is 478 g/mol. The number of nitrogens with zero attached hydrogens (tertiary/aromatic N) is 3. The zero-order valence-electron chi connectivity index (χ0n) is 17.9. The van der Waals surface area contributed by atoms with Gasteiger partial charge in [-0.05, 0) is 54.3 Å². The van der Waals surface area contributed by atoms with Crippen LogP contribution in [0.5, 0.6) is 0 Å². The van der Waals surface area contributed by atoms with Crippen molar-refractivity contribution in [3.05, 3.63) is 47.0 Å². The van der Waals surface area contributed by atoms with E-state index in [9.17, 15) is 8.42 Å². The molecular weight excluding hydrogens is 455 g/mol. The van der Waals surface area contributed by atoms with E-state index in [1.54, 1.807) is 19.1 Å². The number of ether oxygens (including phenoxy) is 1. The topological polar surface area (TPSA) is 84.4 Å². The van der Waals surface area contributed by atoms with Gasteiger partial charge in [-0.25, -0.2) is 17.8 Å². The van der Waals surface area contributed by atoms with Gasteiger partial charge in [0.25, 0.3) is 0 Å². The fourth-order valence-corrected chi connectivity index (χ4v) is 5.15. The quantitative estimate of drug-likeness (QED) is 0.529. The number of aromatic nitrogens is 2. The van der Waals surface area contributed by atoms with Crippen molar-refractivity contribution in [3.8, 4) is 11.1 Å². The molecule has 7 nitrogen and oxygen atoms in total. The van der Waals surface area contributed by atoms with E-state index in [0.29, 0.717) is 49.6 Å². The molecule has 2 aromatic carbocycles. The van der Waals surface area contributed by atoms with Crippen LogP contribution in [0.3, 0.4) is 0 Å². The van der Waals surface area contributed by atoms with Crippen LogP contribution in [0.4, 0.5) is 15.9 Å². The summed E-state index contributed by atoms with van der Waals surface area (Å²) in [5, 5.41) is 0.899. The fraction of sp³-hybridized carbons (Fsp3) is 0.364. The van der Waals surface area contributed by atoms with Gasteiger partial charge in [0.05, 0.1) is 30.2 Å². The molecule has 1 aromatic heterocycles. The summed E-state index contributed by atoms with van der Waals surface area (Å²) in [7, 11) is -3.62. The number of morpholine rings is 1. The van der Waals surface area contributed by atoms with Gasteiger partial charge in [0.1, 0.15) is 5.82 Å². The van der Waals surface area contributed by atoms with Crippen LogP contribution in [0, 0.1) is 12.7 Å². The predicted octanol–water partition coefficient (Wildman–Crippen LogP) is 4.39. The molecule has 0 saturated carbocycles. The molecular formula is C22H24ClFN4O3S. The molecule has 4 rings (SSSR count). The third kappa shape index (κ3) is 4.65. The summed E-state index contributed by atoms with van der Waals surface area (Å²) in [6, 6.07) is 8.31. The van der Waals surface area contributed by atoms with Gasteiger partial charge in [-0.2, -0.15) is 4.98 Å². The summed E-state index contributed by atoms with van der Waals surface area (Å²) in [4.78, 5) is 10.9. The van der Waals surface area contributed by atoms with Crippen molar-refractivity contribution in [1.82, 2.24) is 9.97 Å². The van der Waals surface area contributed by atoms with Gasteiger partial charge in [0, 0.05) is 24.0 Å². The van der Waals surface area contributed by atoms with E-state index in [2.05, 4.69) is 19.6 Å². The molecule has 0 unspecified atom stereocenters. The molecule has 1 fully saturated rings. The van der Waals surface area contributed by atoms with Crippen LogP contribution in [0.2, 0.25) is 5.28 Å². The second-order valence-electron chi connectivity index (χ2n) is 7.69. The van der Waals surface area contributed by atoms with Gasteiger partial charge in [-0.1, -0.05) is 19.1 Å². The third-order valence-corrected chi connectivity index (χ3v) is 6.95. The number of benzene rings is 2. The smallest absolute Gasteiger partial charge is 0.232 e. The molecule has 0 atom stereocenters. The van der Waals surface area contributed by atoms with E-state index in [1.165, 1.54) is 6.07 Å². The molecule has 1 aliphatic rings. The average Bonchev–Trinajstić information content (AvgIpc) is 2.75. The van der Waals surface area contributed by atoms with Gasteiger partial charge in [0.15, 0.2) is 5.82 Å². The Balaban J connectivity index is 1.84. The number of sulfonamides is 1. The highest BCUT2D eigenvalue weighted by Crippen LogP contribution is 2.35. The Hall–Kier alpha value is -2.49. The first-order valence-electron chi connectivity index (χ1n) is 10.4. The maximum atomic E-state index is 15.4. The van der Waals surface area contributed by atoms with Gasteiger partial charge in [-0.15, -0.1) is 0 Å². The summed E-state index contributed by atoms with van der Waals surface area (Å²) >= 11 is 6.20. The van der Waals surface area contributed by atoms with Crippen molar-refractivity contribution >= 4 is 44.0 Å². The summed E-state index contributed by atoms with van der Waals surface area (Å²) in [6.45, 7) is 6.12. The SMILES string of the molecule is CCCS(=O)(=O)Nc1cccc(-c2cc(C)c3nc(Cl)nc(N4CCOCC4)c3c2)c1F. The van der Waals surface area contributed by atoms with E-state index < -0.39 is 15.8 Å². The Kier molecular flexibility index (Phi) is 6.50. The normalized spacial score (nSPS) is 14.7. The lowest BCUT2D eigenvalue weighted by molar-refractivity contribution is 0.122. The summed E-state index contributed by atoms with van der Waals surface area (Å²) in [5.41, 5.74) is 2.32. The molecule has 2 heterocycles. The first kappa shape index (κ1) is 22.7. The summed E-state index contributed by atoms with van der Waals surface area (Å²) < 4.78 is 47.5. The fourth-order valence-electron chi connectivity index (χ4n) is 3.86. The highest BCUT2D eigenvalue weighted by atomic mass is 35.5. The molecule has 0 aliphatic carbocycles. The Morgan fingerprint density at radius 3 is 2.69 bits per heavy atom. The lowest BCUT2D eigenvalue weighted by atomic mass is 9.99. The second-order valence-corrected chi connectivity index (χ2v) is 9.87. The Morgan fingerprint density at radius 2 is 1.97 bits per heavy atom. The molecule has 3 aromatic rings. The predicted molar refractivity (Wildman–Crippen MR) is 125 cm³/mol. The minimum atomic E-state index is -3.62. The third-order valence-electron chi connectivity index (χ3n) is 5.30. The van der Waals surface area contributed by atoms with Gasteiger partial charge in [0.2, 0.25) is 15.3 Å². The number of hydrogen-bond acceptors (Lipinski definition) is 6. The van der Waals surface area contributed by atoms with E-state index >= 15 is 4.39 Å². The van der Waals surface area contributed by atoms with Crippen molar-refractivity contribution < 1.29 is 17.5 Å². The number of rotatable bonds is 6. The van der Waals surface area contributed by atoms with Crippen LogP contribution in [0.1, 0.15) is 18.9 Å². The van der Waals surface area contributed by atoms with Crippen LogP contribution in [0.15, 0.2) is 30.3 Å². The number of fused-ring (bicyclic) bond motifs is 1. The maximum absolute atomic E-state index is 15.4. The van der Waals surface area contributed by atoms with Crippen molar-refractivity contribution in [1.29, 1.82) is 0 Å². The van der Waals surface area contributed by atoms with Crippen molar-refractivity contribution in [2.75, 3.05) is 41.7 Å². The largest absolute Gasteiger partial charge is 0.378 e. The van der Waals surface area contributed by atoms with E-state index in [1.807, 2.05) is 19.1 Å². The van der Waals surface area contributed by atoms with Crippen LogP contribution in [-0.4, -0.2) is 50.4 Å². The molecule has 1 saturated heterocycles. The Labute approximate surface area is 191 Å². The average molecular weight is 479 g/mol. The van der Waals surface area contributed by atoms with E-state index in [0.717, 1.165) is 10.9 Å². The molecule has 0 radical (unpaired) electrons. The van der Waals surface area contributed by atoms with Crippen LogP contribution in [-0.2, 0) is 14.8 Å². The van der Waals surface area contributed by atoms with E-state index in [-0.39, 0.29) is 22.3 Å². The van der Waals surface area contributed by atoms with Crippen molar-refractivity contribution in [3.63, 3.8) is 0 Å². The molecule has 0 spiro atoms. The molecule has 1 N–H and O–H groups in total. The number of hydrogen-bond donors (Lipinski definition) is 1. The lowest BCUT2D eigenvalue weighted by Crippen LogP contribution is -2.37. The lowest BCUT2D eigenvalue weighted by Gasteiger charge is -2.29. The van der Waals surface area contributed by atoms with Crippen molar-refractivity contribution in [2.24, 2.45) is 0 Å². The molecule has 0 bridgehead atoms. The zero-order chi connectivity index (χ0) is 22.9. The number of anilines is 2.